The molecule has 0 spiro atoms. The minimum Gasteiger partial charge on any atom is -0.429 e. The van der Waals surface area contributed by atoms with Gasteiger partial charge in [0.15, 0.2) is 0 Å². The van der Waals surface area contributed by atoms with E-state index >= 15 is 0 Å². The lowest BCUT2D eigenvalue weighted by molar-refractivity contribution is -0.138. The van der Waals surface area contributed by atoms with Gasteiger partial charge in [0, 0.05) is 0 Å². The molecule has 0 saturated carbocycles. The predicted molar refractivity (Wildman–Crippen MR) is 60.7 cm³/mol. The number of hydrogen-bond donors (Lipinski definition) is 1. The Kier molecular flexibility index (Phi) is 3.01. The maximum Gasteiger partial charge on any atom is 0.419 e. The maximum atomic E-state index is 12.7. The van der Waals surface area contributed by atoms with Gasteiger partial charge in [-0.3, -0.25) is 0 Å². The SMILES string of the molecule is NC1=CS(=O)(=O)C(Oc2ccccc2C(F)(F)F)=N1. The van der Waals surface area contributed by atoms with Crippen molar-refractivity contribution in [3.8, 4) is 5.75 Å². The second-order valence-corrected chi connectivity index (χ2v) is 5.24. The molecule has 0 bridgehead atoms. The lowest BCUT2D eigenvalue weighted by Crippen LogP contribution is -2.18. The van der Waals surface area contributed by atoms with Crippen LogP contribution in [0.3, 0.4) is 0 Å². The van der Waals surface area contributed by atoms with Gasteiger partial charge in [-0.05, 0) is 12.1 Å². The van der Waals surface area contributed by atoms with Gasteiger partial charge in [0.05, 0.1) is 11.0 Å². The molecule has 0 fully saturated rings. The van der Waals surface area contributed by atoms with Gasteiger partial charge in [-0.25, -0.2) is 8.42 Å². The molecule has 0 saturated heterocycles. The molecule has 1 aliphatic heterocycles. The second-order valence-electron chi connectivity index (χ2n) is 3.56. The molecule has 5 nitrogen and oxygen atoms in total. The van der Waals surface area contributed by atoms with E-state index in [1.54, 1.807) is 0 Å². The summed E-state index contributed by atoms with van der Waals surface area (Å²) in [6.07, 6.45) is -4.67. The lowest BCUT2D eigenvalue weighted by Gasteiger charge is -2.12. The van der Waals surface area contributed by atoms with Crippen molar-refractivity contribution in [3.63, 3.8) is 0 Å². The Balaban J connectivity index is 2.40. The maximum absolute atomic E-state index is 12.7. The molecule has 0 radical (unpaired) electrons. The zero-order chi connectivity index (χ0) is 14.3. The highest BCUT2D eigenvalue weighted by Gasteiger charge is 2.36. The number of sulfone groups is 1. The number of aliphatic imine (C=N–C) groups is 1. The van der Waals surface area contributed by atoms with Crippen LogP contribution in [0.4, 0.5) is 13.2 Å². The standard InChI is InChI=1S/C10H7F3N2O3S/c11-10(12,13)6-3-1-2-4-7(6)18-9-15-8(14)5-19(9,16)17/h1-5H,14H2. The number of nitrogens with zero attached hydrogens (tertiary/aromatic N) is 1. The van der Waals surface area contributed by atoms with Crippen LogP contribution >= 0.6 is 0 Å². The monoisotopic (exact) mass is 292 g/mol. The number of halogens is 3. The quantitative estimate of drug-likeness (QED) is 0.852. The summed E-state index contributed by atoms with van der Waals surface area (Å²) in [5, 5.41) is -0.264. The van der Waals surface area contributed by atoms with Crippen LogP contribution in [0.2, 0.25) is 0 Å². The van der Waals surface area contributed by atoms with Crippen molar-refractivity contribution < 1.29 is 26.3 Å². The van der Waals surface area contributed by atoms with Crippen LogP contribution in [0.5, 0.6) is 5.75 Å². The van der Waals surface area contributed by atoms with E-state index in [-0.39, 0.29) is 5.82 Å². The van der Waals surface area contributed by atoms with Crippen molar-refractivity contribution >= 4 is 15.1 Å². The number of benzene rings is 1. The first-order valence-electron chi connectivity index (χ1n) is 4.85. The number of nitrogens with two attached hydrogens (primary N) is 1. The van der Waals surface area contributed by atoms with Crippen molar-refractivity contribution in [3.05, 3.63) is 41.1 Å². The van der Waals surface area contributed by atoms with Gasteiger partial charge in [0.25, 0.3) is 9.84 Å². The van der Waals surface area contributed by atoms with Crippen molar-refractivity contribution in [2.24, 2.45) is 10.7 Å². The van der Waals surface area contributed by atoms with Crippen LogP contribution < -0.4 is 10.5 Å². The molecule has 1 aromatic carbocycles. The molecule has 1 aliphatic rings. The minimum absolute atomic E-state index is 0.348. The summed E-state index contributed by atoms with van der Waals surface area (Å²) in [6, 6.07) is 4.21. The molecule has 0 amide bonds. The van der Waals surface area contributed by atoms with E-state index in [0.717, 1.165) is 18.2 Å². The summed E-state index contributed by atoms with van der Waals surface area (Å²) in [5.74, 6) is -1.00. The van der Waals surface area contributed by atoms with Gasteiger partial charge >= 0.3 is 11.4 Å². The van der Waals surface area contributed by atoms with E-state index in [4.69, 9.17) is 10.5 Å². The fourth-order valence-corrected chi connectivity index (χ4v) is 2.28. The largest absolute Gasteiger partial charge is 0.429 e. The van der Waals surface area contributed by atoms with Gasteiger partial charge in [0.1, 0.15) is 11.6 Å². The summed E-state index contributed by atoms with van der Waals surface area (Å²) in [4.78, 5) is 3.34. The van der Waals surface area contributed by atoms with Crippen LogP contribution in [0.15, 0.2) is 40.5 Å². The Labute approximate surface area is 106 Å². The Hall–Kier alpha value is -2.03. The van der Waals surface area contributed by atoms with Gasteiger partial charge < -0.3 is 10.5 Å². The third-order valence-electron chi connectivity index (χ3n) is 2.13. The van der Waals surface area contributed by atoms with Crippen molar-refractivity contribution in [2.75, 3.05) is 0 Å². The molecular weight excluding hydrogens is 285 g/mol. The van der Waals surface area contributed by atoms with Crippen LogP contribution in [0.1, 0.15) is 5.56 Å². The second kappa shape index (κ2) is 4.26. The number of ether oxygens (including phenoxy) is 1. The molecule has 0 atom stereocenters. The Morgan fingerprint density at radius 2 is 1.84 bits per heavy atom. The third kappa shape index (κ3) is 2.70. The summed E-state index contributed by atoms with van der Waals surface area (Å²) < 4.78 is 65.7. The summed E-state index contributed by atoms with van der Waals surface area (Å²) in [7, 11) is -4.02. The van der Waals surface area contributed by atoms with Crippen molar-refractivity contribution in [2.45, 2.75) is 6.18 Å². The molecule has 2 N–H and O–H groups in total. The Morgan fingerprint density at radius 3 is 2.37 bits per heavy atom. The molecule has 0 aromatic heterocycles. The molecule has 102 valence electrons. The van der Waals surface area contributed by atoms with Crippen molar-refractivity contribution in [1.82, 2.24) is 0 Å². The molecule has 9 heteroatoms. The van der Waals surface area contributed by atoms with Gasteiger partial charge in [-0.1, -0.05) is 12.1 Å². The van der Waals surface area contributed by atoms with E-state index in [2.05, 4.69) is 4.99 Å². The number of para-hydroxylation sites is 1. The summed E-state index contributed by atoms with van der Waals surface area (Å²) in [6.45, 7) is 0. The number of alkyl halides is 3. The average Bonchev–Trinajstić information content (AvgIpc) is 2.51. The highest BCUT2D eigenvalue weighted by Crippen LogP contribution is 2.36. The van der Waals surface area contributed by atoms with E-state index in [0.29, 0.717) is 5.41 Å². The number of rotatable bonds is 1. The minimum atomic E-state index is -4.67. The molecule has 0 aliphatic carbocycles. The summed E-state index contributed by atoms with van der Waals surface area (Å²) in [5.41, 5.74) is 4.07. The van der Waals surface area contributed by atoms with E-state index < -0.39 is 32.6 Å². The van der Waals surface area contributed by atoms with Gasteiger partial charge in [-0.2, -0.15) is 18.2 Å². The summed E-state index contributed by atoms with van der Waals surface area (Å²) >= 11 is 0. The molecule has 1 aromatic rings. The fourth-order valence-electron chi connectivity index (χ4n) is 1.37. The first-order valence-corrected chi connectivity index (χ1v) is 6.40. The first kappa shape index (κ1) is 13.4. The van der Waals surface area contributed by atoms with Gasteiger partial charge in [-0.15, -0.1) is 0 Å². The molecule has 1 heterocycles. The zero-order valence-electron chi connectivity index (χ0n) is 9.18. The number of hydrogen-bond acceptors (Lipinski definition) is 5. The topological polar surface area (TPSA) is 81.8 Å². The predicted octanol–water partition coefficient (Wildman–Crippen LogP) is 1.63. The van der Waals surface area contributed by atoms with E-state index in [1.165, 1.54) is 6.07 Å². The third-order valence-corrected chi connectivity index (χ3v) is 3.34. The Bertz CT molecular complexity index is 678. The molecule has 0 unspecified atom stereocenters. The lowest BCUT2D eigenvalue weighted by atomic mass is 10.2. The molecule has 2 rings (SSSR count). The van der Waals surface area contributed by atoms with Crippen LogP contribution in [0.25, 0.3) is 0 Å². The van der Waals surface area contributed by atoms with Crippen molar-refractivity contribution in [1.29, 1.82) is 0 Å². The van der Waals surface area contributed by atoms with Crippen LogP contribution in [-0.2, 0) is 16.0 Å². The van der Waals surface area contributed by atoms with E-state index in [1.807, 2.05) is 0 Å². The van der Waals surface area contributed by atoms with Crippen LogP contribution in [-0.4, -0.2) is 13.6 Å². The smallest absolute Gasteiger partial charge is 0.419 e. The highest BCUT2D eigenvalue weighted by atomic mass is 32.2. The Morgan fingerprint density at radius 1 is 1.21 bits per heavy atom. The fraction of sp³-hybridized carbons (Fsp3) is 0.100. The zero-order valence-corrected chi connectivity index (χ0v) is 9.99. The van der Waals surface area contributed by atoms with Crippen LogP contribution in [0, 0.1) is 0 Å². The average molecular weight is 292 g/mol. The van der Waals surface area contributed by atoms with Gasteiger partial charge in [0.2, 0.25) is 0 Å². The first-order chi connectivity index (χ1) is 8.70. The van der Waals surface area contributed by atoms with E-state index in [9.17, 15) is 21.6 Å². The highest BCUT2D eigenvalue weighted by molar-refractivity contribution is 8.08. The molecule has 19 heavy (non-hydrogen) atoms. The normalized spacial score (nSPS) is 17.8. The molecular formula is C10H7F3N2O3S.